The maximum absolute atomic E-state index is 9.10. The summed E-state index contributed by atoms with van der Waals surface area (Å²) in [4.78, 5) is 4.95. The molecule has 0 spiro atoms. The van der Waals surface area contributed by atoms with Crippen LogP contribution in [0.1, 0.15) is 70.3 Å². The quantitative estimate of drug-likeness (QED) is 0.800. The van der Waals surface area contributed by atoms with Gasteiger partial charge in [-0.15, -0.1) is 0 Å². The SMILES string of the molecule is CC(C)n1c(C2(C)CCCCC2)nc2cc(C#N)ccc21. The average Bonchev–Trinajstić information content (AvgIpc) is 2.87. The topological polar surface area (TPSA) is 41.6 Å². The van der Waals surface area contributed by atoms with E-state index >= 15 is 0 Å². The largest absolute Gasteiger partial charge is 0.325 e. The molecule has 2 aromatic rings. The molecule has 1 aromatic heterocycles. The highest BCUT2D eigenvalue weighted by Crippen LogP contribution is 2.40. The van der Waals surface area contributed by atoms with Crippen LogP contribution in [0.4, 0.5) is 0 Å². The van der Waals surface area contributed by atoms with E-state index in [0.717, 1.165) is 11.0 Å². The Bertz CT molecular complexity index is 697. The summed E-state index contributed by atoms with van der Waals surface area (Å²) >= 11 is 0. The second-order valence-electron chi connectivity index (χ2n) is 6.84. The first-order valence-electron chi connectivity index (χ1n) is 7.98. The van der Waals surface area contributed by atoms with Crippen LogP contribution in [0.25, 0.3) is 11.0 Å². The van der Waals surface area contributed by atoms with Crippen LogP contribution >= 0.6 is 0 Å². The molecular formula is C18H23N3. The van der Waals surface area contributed by atoms with Crippen molar-refractivity contribution in [2.24, 2.45) is 0 Å². The Balaban J connectivity index is 2.21. The summed E-state index contributed by atoms with van der Waals surface area (Å²) in [5.74, 6) is 1.21. The number of hydrogen-bond acceptors (Lipinski definition) is 2. The first-order chi connectivity index (χ1) is 10.0. The van der Waals surface area contributed by atoms with Crippen LogP contribution in [0.5, 0.6) is 0 Å². The molecule has 3 nitrogen and oxygen atoms in total. The van der Waals surface area contributed by atoms with Crippen molar-refractivity contribution in [1.82, 2.24) is 9.55 Å². The Hall–Kier alpha value is -1.82. The number of fused-ring (bicyclic) bond motifs is 1. The van der Waals surface area contributed by atoms with E-state index < -0.39 is 0 Å². The number of imidazole rings is 1. The zero-order chi connectivity index (χ0) is 15.0. The third-order valence-corrected chi connectivity index (χ3v) is 4.83. The predicted octanol–water partition coefficient (Wildman–Crippen LogP) is 4.71. The number of aromatic nitrogens is 2. The summed E-state index contributed by atoms with van der Waals surface area (Å²) in [6.45, 7) is 6.79. The second-order valence-corrected chi connectivity index (χ2v) is 6.84. The standard InChI is InChI=1S/C18H23N3/c1-13(2)21-16-8-7-14(12-19)11-15(16)20-17(21)18(3)9-5-4-6-10-18/h7-8,11,13H,4-6,9-10H2,1-3H3. The molecule has 3 rings (SSSR count). The van der Waals surface area contributed by atoms with Gasteiger partial charge >= 0.3 is 0 Å². The van der Waals surface area contributed by atoms with E-state index in [-0.39, 0.29) is 5.41 Å². The lowest BCUT2D eigenvalue weighted by molar-refractivity contribution is 0.291. The highest BCUT2D eigenvalue weighted by atomic mass is 15.1. The Morgan fingerprint density at radius 1 is 1.24 bits per heavy atom. The summed E-state index contributed by atoms with van der Waals surface area (Å²) in [7, 11) is 0. The van der Waals surface area contributed by atoms with Gasteiger partial charge in [0.1, 0.15) is 5.82 Å². The molecule has 0 bridgehead atoms. The van der Waals surface area contributed by atoms with Crippen LogP contribution in [0.3, 0.4) is 0 Å². The van der Waals surface area contributed by atoms with Crippen molar-refractivity contribution in [3.05, 3.63) is 29.6 Å². The molecule has 0 amide bonds. The molecule has 3 heteroatoms. The first kappa shape index (κ1) is 14.1. The molecule has 21 heavy (non-hydrogen) atoms. The summed E-state index contributed by atoms with van der Waals surface area (Å²) in [6, 6.07) is 8.47. The third kappa shape index (κ3) is 2.33. The second kappa shape index (κ2) is 5.18. The molecule has 0 aliphatic heterocycles. The van der Waals surface area contributed by atoms with Gasteiger partial charge in [-0.3, -0.25) is 0 Å². The van der Waals surface area contributed by atoms with Crippen LogP contribution in [0.15, 0.2) is 18.2 Å². The zero-order valence-electron chi connectivity index (χ0n) is 13.2. The van der Waals surface area contributed by atoms with E-state index in [0.29, 0.717) is 11.6 Å². The fourth-order valence-electron chi connectivity index (χ4n) is 3.67. The van der Waals surface area contributed by atoms with Gasteiger partial charge in [-0.1, -0.05) is 26.2 Å². The number of nitrogens with zero attached hydrogens (tertiary/aromatic N) is 3. The summed E-state index contributed by atoms with van der Waals surface area (Å²) < 4.78 is 2.38. The van der Waals surface area contributed by atoms with Gasteiger partial charge in [-0.05, 0) is 44.9 Å². The normalized spacial score (nSPS) is 18.0. The minimum Gasteiger partial charge on any atom is -0.325 e. The lowest BCUT2D eigenvalue weighted by Crippen LogP contribution is -2.29. The van der Waals surface area contributed by atoms with E-state index in [4.69, 9.17) is 10.2 Å². The summed E-state index contributed by atoms with van der Waals surface area (Å²) in [5, 5.41) is 9.10. The molecule has 0 saturated heterocycles. The van der Waals surface area contributed by atoms with Crippen LogP contribution in [0, 0.1) is 11.3 Å². The molecule has 110 valence electrons. The third-order valence-electron chi connectivity index (χ3n) is 4.83. The molecule has 1 aromatic carbocycles. The molecule has 1 aliphatic rings. The van der Waals surface area contributed by atoms with Crippen molar-refractivity contribution < 1.29 is 0 Å². The van der Waals surface area contributed by atoms with Gasteiger partial charge in [0.05, 0.1) is 22.7 Å². The lowest BCUT2D eigenvalue weighted by Gasteiger charge is -2.34. The molecular weight excluding hydrogens is 258 g/mol. The number of nitriles is 1. The highest BCUT2D eigenvalue weighted by molar-refractivity contribution is 5.78. The van der Waals surface area contributed by atoms with Crippen LogP contribution in [-0.2, 0) is 5.41 Å². The van der Waals surface area contributed by atoms with Crippen molar-refractivity contribution >= 4 is 11.0 Å². The zero-order valence-corrected chi connectivity index (χ0v) is 13.2. The van der Waals surface area contributed by atoms with Crippen LogP contribution < -0.4 is 0 Å². The molecule has 1 heterocycles. The monoisotopic (exact) mass is 281 g/mol. The van der Waals surface area contributed by atoms with Gasteiger partial charge in [-0.2, -0.15) is 5.26 Å². The van der Waals surface area contributed by atoms with Crippen molar-refractivity contribution in [2.75, 3.05) is 0 Å². The Morgan fingerprint density at radius 3 is 2.57 bits per heavy atom. The average molecular weight is 281 g/mol. The molecule has 1 fully saturated rings. The fraction of sp³-hybridized carbons (Fsp3) is 0.556. The predicted molar refractivity (Wildman–Crippen MR) is 85.3 cm³/mol. The first-order valence-corrected chi connectivity index (χ1v) is 7.98. The van der Waals surface area contributed by atoms with E-state index in [9.17, 15) is 0 Å². The van der Waals surface area contributed by atoms with E-state index in [1.54, 1.807) is 0 Å². The van der Waals surface area contributed by atoms with E-state index in [1.807, 2.05) is 12.1 Å². The number of benzene rings is 1. The number of rotatable bonds is 2. The molecule has 1 saturated carbocycles. The summed E-state index contributed by atoms with van der Waals surface area (Å²) in [5.41, 5.74) is 2.99. The fourth-order valence-corrected chi connectivity index (χ4v) is 3.67. The van der Waals surface area contributed by atoms with Crippen molar-refractivity contribution in [3.63, 3.8) is 0 Å². The minimum atomic E-state index is 0.175. The maximum Gasteiger partial charge on any atom is 0.116 e. The lowest BCUT2D eigenvalue weighted by atomic mass is 9.75. The molecule has 0 radical (unpaired) electrons. The van der Waals surface area contributed by atoms with Crippen molar-refractivity contribution in [1.29, 1.82) is 5.26 Å². The van der Waals surface area contributed by atoms with Gasteiger partial charge in [0.25, 0.3) is 0 Å². The van der Waals surface area contributed by atoms with E-state index in [2.05, 4.69) is 37.5 Å². The Kier molecular flexibility index (Phi) is 3.49. The Morgan fingerprint density at radius 2 is 1.95 bits per heavy atom. The van der Waals surface area contributed by atoms with Gasteiger partial charge in [0.15, 0.2) is 0 Å². The van der Waals surface area contributed by atoms with E-state index in [1.165, 1.54) is 37.9 Å². The van der Waals surface area contributed by atoms with Gasteiger partial charge < -0.3 is 4.57 Å². The van der Waals surface area contributed by atoms with Crippen LogP contribution in [-0.4, -0.2) is 9.55 Å². The van der Waals surface area contributed by atoms with Crippen molar-refractivity contribution in [3.8, 4) is 6.07 Å². The number of hydrogen-bond donors (Lipinski definition) is 0. The molecule has 0 unspecified atom stereocenters. The van der Waals surface area contributed by atoms with Gasteiger partial charge in [0, 0.05) is 11.5 Å². The summed E-state index contributed by atoms with van der Waals surface area (Å²) in [6.07, 6.45) is 6.36. The van der Waals surface area contributed by atoms with Crippen LogP contribution in [0.2, 0.25) is 0 Å². The van der Waals surface area contributed by atoms with Gasteiger partial charge in [0.2, 0.25) is 0 Å². The maximum atomic E-state index is 9.10. The smallest absolute Gasteiger partial charge is 0.116 e. The molecule has 0 atom stereocenters. The van der Waals surface area contributed by atoms with Gasteiger partial charge in [-0.25, -0.2) is 4.98 Å². The molecule has 0 N–H and O–H groups in total. The van der Waals surface area contributed by atoms with Crippen molar-refractivity contribution in [2.45, 2.75) is 64.3 Å². The highest BCUT2D eigenvalue weighted by Gasteiger charge is 2.34. The Labute approximate surface area is 126 Å². The minimum absolute atomic E-state index is 0.175. The molecule has 1 aliphatic carbocycles.